The van der Waals surface area contributed by atoms with Crippen molar-refractivity contribution in [3.8, 4) is 0 Å². The van der Waals surface area contributed by atoms with Crippen molar-refractivity contribution in [1.82, 2.24) is 10.2 Å². The van der Waals surface area contributed by atoms with Crippen molar-refractivity contribution in [2.45, 2.75) is 57.5 Å². The summed E-state index contributed by atoms with van der Waals surface area (Å²) in [4.78, 5) is 2.74. The molecule has 110 valence electrons. The van der Waals surface area contributed by atoms with Crippen molar-refractivity contribution in [1.29, 1.82) is 0 Å². The van der Waals surface area contributed by atoms with Gasteiger partial charge in [0.2, 0.25) is 0 Å². The van der Waals surface area contributed by atoms with E-state index in [-0.39, 0.29) is 0 Å². The Balaban J connectivity index is 1.90. The van der Waals surface area contributed by atoms with Crippen LogP contribution in [0.4, 0.5) is 0 Å². The number of rotatable bonds is 4. The van der Waals surface area contributed by atoms with Gasteiger partial charge in [-0.15, -0.1) is 0 Å². The second-order valence-electron chi connectivity index (χ2n) is 6.51. The molecule has 3 rings (SSSR count). The fraction of sp³-hybridized carbons (Fsp3) is 0.667. The van der Waals surface area contributed by atoms with Crippen LogP contribution in [0, 0.1) is 0 Å². The highest BCUT2D eigenvalue weighted by atomic mass is 15.2. The number of hydrogen-bond acceptors (Lipinski definition) is 2. The molecule has 0 spiro atoms. The Hall–Kier alpha value is -0.860. The lowest BCUT2D eigenvalue weighted by molar-refractivity contribution is 0.163. The fourth-order valence-corrected chi connectivity index (χ4v) is 4.05. The summed E-state index contributed by atoms with van der Waals surface area (Å²) in [6.45, 7) is 8.37. The van der Waals surface area contributed by atoms with Gasteiger partial charge in [0.25, 0.3) is 0 Å². The highest BCUT2D eigenvalue weighted by Crippen LogP contribution is 2.40. The summed E-state index contributed by atoms with van der Waals surface area (Å²) >= 11 is 0. The van der Waals surface area contributed by atoms with Gasteiger partial charge >= 0.3 is 0 Å². The molecule has 0 aromatic heterocycles. The molecule has 0 saturated carbocycles. The van der Waals surface area contributed by atoms with Gasteiger partial charge < -0.3 is 5.32 Å². The first kappa shape index (κ1) is 14.1. The predicted molar refractivity (Wildman–Crippen MR) is 85.1 cm³/mol. The van der Waals surface area contributed by atoms with E-state index in [1.807, 2.05) is 0 Å². The second-order valence-corrected chi connectivity index (χ2v) is 6.51. The molecule has 0 amide bonds. The van der Waals surface area contributed by atoms with Crippen LogP contribution in [0.5, 0.6) is 0 Å². The summed E-state index contributed by atoms with van der Waals surface area (Å²) in [5.41, 5.74) is 3.12. The lowest BCUT2D eigenvalue weighted by Gasteiger charge is -2.42. The Bertz CT molecular complexity index is 437. The van der Waals surface area contributed by atoms with Crippen LogP contribution in [0.3, 0.4) is 0 Å². The van der Waals surface area contributed by atoms with Crippen LogP contribution in [0.15, 0.2) is 24.3 Å². The molecule has 1 saturated heterocycles. The molecule has 1 heterocycles. The minimum absolute atomic E-state index is 0.528. The summed E-state index contributed by atoms with van der Waals surface area (Å²) in [6.07, 6.45) is 5.28. The molecule has 2 heteroatoms. The molecule has 3 unspecified atom stereocenters. The average molecular weight is 272 g/mol. The predicted octanol–water partition coefficient (Wildman–Crippen LogP) is 3.70. The third kappa shape index (κ3) is 2.64. The number of fused-ring (bicyclic) bond motifs is 1. The van der Waals surface area contributed by atoms with E-state index in [1.165, 1.54) is 38.8 Å². The molecular weight excluding hydrogens is 244 g/mol. The molecule has 3 atom stereocenters. The smallest absolute Gasteiger partial charge is 0.0481 e. The first-order valence-corrected chi connectivity index (χ1v) is 8.37. The molecule has 1 aromatic rings. The van der Waals surface area contributed by atoms with Crippen molar-refractivity contribution in [2.75, 3.05) is 19.6 Å². The highest BCUT2D eigenvalue weighted by Gasteiger charge is 2.36. The van der Waals surface area contributed by atoms with E-state index in [9.17, 15) is 0 Å². The molecule has 20 heavy (non-hydrogen) atoms. The Morgan fingerprint density at radius 3 is 2.55 bits per heavy atom. The third-order valence-corrected chi connectivity index (χ3v) is 5.07. The van der Waals surface area contributed by atoms with Crippen LogP contribution in [0.1, 0.15) is 62.6 Å². The van der Waals surface area contributed by atoms with E-state index in [2.05, 4.69) is 48.3 Å². The first-order valence-electron chi connectivity index (χ1n) is 8.37. The van der Waals surface area contributed by atoms with Gasteiger partial charge in [-0.05, 0) is 62.4 Å². The van der Waals surface area contributed by atoms with Gasteiger partial charge in [-0.3, -0.25) is 4.90 Å². The number of likely N-dealkylation sites (tertiary alicyclic amines) is 1. The van der Waals surface area contributed by atoms with Gasteiger partial charge in [0.1, 0.15) is 0 Å². The molecule has 0 bridgehead atoms. The molecule has 1 fully saturated rings. The lowest BCUT2D eigenvalue weighted by Crippen LogP contribution is -2.47. The summed E-state index contributed by atoms with van der Waals surface area (Å²) in [6, 6.07) is 10.3. The van der Waals surface area contributed by atoms with Crippen LogP contribution >= 0.6 is 0 Å². The summed E-state index contributed by atoms with van der Waals surface area (Å²) in [5.74, 6) is 0.691. The van der Waals surface area contributed by atoms with Crippen molar-refractivity contribution in [3.05, 3.63) is 35.4 Å². The van der Waals surface area contributed by atoms with Gasteiger partial charge in [0, 0.05) is 12.1 Å². The number of benzene rings is 1. The molecule has 2 nitrogen and oxygen atoms in total. The maximum atomic E-state index is 3.83. The van der Waals surface area contributed by atoms with Crippen LogP contribution in [-0.2, 0) is 0 Å². The summed E-state index contributed by atoms with van der Waals surface area (Å²) < 4.78 is 0. The lowest BCUT2D eigenvalue weighted by atomic mass is 9.77. The molecule has 2 aliphatic rings. The largest absolute Gasteiger partial charge is 0.309 e. The van der Waals surface area contributed by atoms with Gasteiger partial charge in [0.15, 0.2) is 0 Å². The molecular formula is C18H28N2. The fourth-order valence-electron chi connectivity index (χ4n) is 4.05. The van der Waals surface area contributed by atoms with Crippen molar-refractivity contribution in [2.24, 2.45) is 0 Å². The Morgan fingerprint density at radius 1 is 1.15 bits per heavy atom. The Kier molecular flexibility index (Phi) is 4.42. The number of nitrogens with one attached hydrogen (secondary N) is 1. The zero-order valence-electron chi connectivity index (χ0n) is 12.9. The minimum Gasteiger partial charge on any atom is -0.309 e. The van der Waals surface area contributed by atoms with Crippen LogP contribution in [0.2, 0.25) is 0 Å². The molecule has 1 N–H and O–H groups in total. The normalized spacial score (nSPS) is 30.4. The number of hydrogen-bond donors (Lipinski definition) is 1. The maximum Gasteiger partial charge on any atom is 0.0481 e. The van der Waals surface area contributed by atoms with E-state index in [0.29, 0.717) is 18.0 Å². The first-order chi connectivity index (χ1) is 9.81. The van der Waals surface area contributed by atoms with Gasteiger partial charge in [-0.2, -0.15) is 0 Å². The van der Waals surface area contributed by atoms with E-state index >= 15 is 0 Å². The van der Waals surface area contributed by atoms with E-state index in [0.717, 1.165) is 6.54 Å². The van der Waals surface area contributed by atoms with Gasteiger partial charge in [-0.25, -0.2) is 0 Å². The third-order valence-electron chi connectivity index (χ3n) is 5.07. The molecule has 1 aromatic carbocycles. The SMILES string of the molecule is CCCNC1c2ccccc2C(C)CC1N1CCCC1. The van der Waals surface area contributed by atoms with Crippen molar-refractivity contribution in [3.63, 3.8) is 0 Å². The molecule has 1 aliphatic carbocycles. The molecule has 1 aliphatic heterocycles. The Morgan fingerprint density at radius 2 is 1.85 bits per heavy atom. The average Bonchev–Trinajstić information content (AvgIpc) is 3.00. The highest BCUT2D eigenvalue weighted by molar-refractivity contribution is 5.36. The zero-order chi connectivity index (χ0) is 13.9. The maximum absolute atomic E-state index is 3.83. The van der Waals surface area contributed by atoms with Gasteiger partial charge in [-0.1, -0.05) is 38.1 Å². The van der Waals surface area contributed by atoms with E-state index in [1.54, 1.807) is 11.1 Å². The van der Waals surface area contributed by atoms with E-state index < -0.39 is 0 Å². The quantitative estimate of drug-likeness (QED) is 0.899. The number of nitrogens with zero attached hydrogens (tertiary/aromatic N) is 1. The van der Waals surface area contributed by atoms with Crippen LogP contribution < -0.4 is 5.32 Å². The minimum atomic E-state index is 0.528. The second kappa shape index (κ2) is 6.28. The standard InChI is InChI=1S/C18H28N2/c1-3-10-19-18-16-9-5-4-8-15(16)14(2)13-17(18)20-11-6-7-12-20/h4-5,8-9,14,17-19H,3,6-7,10-13H2,1-2H3. The Labute approximate surface area is 123 Å². The van der Waals surface area contributed by atoms with E-state index in [4.69, 9.17) is 0 Å². The van der Waals surface area contributed by atoms with Crippen molar-refractivity contribution < 1.29 is 0 Å². The monoisotopic (exact) mass is 272 g/mol. The van der Waals surface area contributed by atoms with Crippen LogP contribution in [-0.4, -0.2) is 30.6 Å². The summed E-state index contributed by atoms with van der Waals surface area (Å²) in [5, 5.41) is 3.83. The topological polar surface area (TPSA) is 15.3 Å². The molecule has 0 radical (unpaired) electrons. The zero-order valence-corrected chi connectivity index (χ0v) is 12.9. The summed E-state index contributed by atoms with van der Waals surface area (Å²) in [7, 11) is 0. The van der Waals surface area contributed by atoms with Gasteiger partial charge in [0.05, 0.1) is 0 Å². The van der Waals surface area contributed by atoms with Crippen LogP contribution in [0.25, 0.3) is 0 Å². The van der Waals surface area contributed by atoms with Crippen molar-refractivity contribution >= 4 is 0 Å².